The van der Waals surface area contributed by atoms with Gasteiger partial charge < -0.3 is 4.74 Å². The number of esters is 1. The highest BCUT2D eigenvalue weighted by Gasteiger charge is 2.29. The van der Waals surface area contributed by atoms with E-state index in [1.807, 2.05) is 0 Å². The Morgan fingerprint density at radius 3 is 2.73 bits per heavy atom. The van der Waals surface area contributed by atoms with Gasteiger partial charge in [-0.1, -0.05) is 6.58 Å². The number of hydrogen-bond acceptors (Lipinski definition) is 3. The van der Waals surface area contributed by atoms with Gasteiger partial charge in [-0.05, 0) is 12.5 Å². The van der Waals surface area contributed by atoms with Crippen molar-refractivity contribution in [3.63, 3.8) is 0 Å². The largest absolute Gasteiger partial charge is 0.465 e. The average molecular weight is 154 g/mol. The standard InChI is InChI=1S/C8H10O3/c1-5(2)8(10)6-3-7(9)11-4-6/h6H,1,3-4H2,2H3. The van der Waals surface area contributed by atoms with Gasteiger partial charge in [0.25, 0.3) is 0 Å². The number of Topliss-reactive ketones (excluding diaryl/α,β-unsaturated/α-hetero) is 1. The fraction of sp³-hybridized carbons (Fsp3) is 0.500. The maximum Gasteiger partial charge on any atom is 0.306 e. The summed E-state index contributed by atoms with van der Waals surface area (Å²) >= 11 is 0. The van der Waals surface area contributed by atoms with Crippen LogP contribution in [0.4, 0.5) is 0 Å². The molecule has 1 unspecified atom stereocenters. The number of cyclic esters (lactones) is 1. The van der Waals surface area contributed by atoms with Crippen molar-refractivity contribution in [2.45, 2.75) is 13.3 Å². The molecule has 0 aliphatic carbocycles. The predicted molar refractivity (Wildman–Crippen MR) is 38.9 cm³/mol. The SMILES string of the molecule is C=C(C)C(=O)C1COC(=O)C1. The molecule has 1 aliphatic rings. The molecule has 0 aromatic carbocycles. The number of hydrogen-bond donors (Lipinski definition) is 0. The molecule has 0 N–H and O–H groups in total. The molecule has 0 aromatic heterocycles. The number of carbonyl (C=O) groups excluding carboxylic acids is 2. The summed E-state index contributed by atoms with van der Waals surface area (Å²) in [6.07, 6.45) is 0.214. The highest BCUT2D eigenvalue weighted by Crippen LogP contribution is 2.17. The lowest BCUT2D eigenvalue weighted by atomic mass is 9.99. The quantitative estimate of drug-likeness (QED) is 0.434. The third kappa shape index (κ3) is 1.67. The number of allylic oxidation sites excluding steroid dienone is 1. The number of rotatable bonds is 2. The molecule has 1 saturated heterocycles. The van der Waals surface area contributed by atoms with Crippen molar-refractivity contribution in [3.8, 4) is 0 Å². The fourth-order valence-electron chi connectivity index (χ4n) is 1.03. The molecule has 3 nitrogen and oxygen atoms in total. The zero-order valence-corrected chi connectivity index (χ0v) is 6.42. The van der Waals surface area contributed by atoms with E-state index < -0.39 is 0 Å². The van der Waals surface area contributed by atoms with E-state index in [1.165, 1.54) is 0 Å². The minimum atomic E-state index is -0.287. The summed E-state index contributed by atoms with van der Waals surface area (Å²) in [5.41, 5.74) is 0.494. The zero-order valence-electron chi connectivity index (χ0n) is 6.42. The smallest absolute Gasteiger partial charge is 0.306 e. The third-order valence-corrected chi connectivity index (χ3v) is 1.65. The van der Waals surface area contributed by atoms with Crippen LogP contribution in [0, 0.1) is 5.92 Å². The third-order valence-electron chi connectivity index (χ3n) is 1.65. The molecule has 0 aromatic rings. The van der Waals surface area contributed by atoms with Crippen molar-refractivity contribution in [1.82, 2.24) is 0 Å². The number of ether oxygens (including phenoxy) is 1. The van der Waals surface area contributed by atoms with Crippen LogP contribution in [0.1, 0.15) is 13.3 Å². The van der Waals surface area contributed by atoms with E-state index in [1.54, 1.807) is 6.92 Å². The van der Waals surface area contributed by atoms with Crippen molar-refractivity contribution in [1.29, 1.82) is 0 Å². The Bertz CT molecular complexity index is 217. The molecular weight excluding hydrogens is 144 g/mol. The van der Waals surface area contributed by atoms with Gasteiger partial charge in [0, 0.05) is 0 Å². The highest BCUT2D eigenvalue weighted by molar-refractivity contribution is 5.98. The van der Waals surface area contributed by atoms with E-state index in [4.69, 9.17) is 0 Å². The van der Waals surface area contributed by atoms with Gasteiger partial charge in [0.2, 0.25) is 0 Å². The van der Waals surface area contributed by atoms with Crippen molar-refractivity contribution in [2.24, 2.45) is 5.92 Å². The molecule has 0 saturated carbocycles. The molecule has 60 valence electrons. The lowest BCUT2D eigenvalue weighted by molar-refractivity contribution is -0.137. The molecule has 1 aliphatic heterocycles. The van der Waals surface area contributed by atoms with Gasteiger partial charge in [-0.15, -0.1) is 0 Å². The Balaban J connectivity index is 2.56. The Morgan fingerprint density at radius 1 is 1.73 bits per heavy atom. The second-order valence-electron chi connectivity index (χ2n) is 2.73. The molecule has 11 heavy (non-hydrogen) atoms. The molecule has 0 radical (unpaired) electrons. The molecule has 3 heteroatoms. The Kier molecular flexibility index (Phi) is 2.08. The Hall–Kier alpha value is -1.12. The van der Waals surface area contributed by atoms with Crippen LogP contribution in [-0.2, 0) is 14.3 Å². The van der Waals surface area contributed by atoms with Crippen LogP contribution in [0.25, 0.3) is 0 Å². The van der Waals surface area contributed by atoms with E-state index >= 15 is 0 Å². The number of carbonyl (C=O) groups is 2. The first kappa shape index (κ1) is 7.98. The summed E-state index contributed by atoms with van der Waals surface area (Å²) < 4.78 is 4.64. The van der Waals surface area contributed by atoms with E-state index in [0.717, 1.165) is 0 Å². The maximum atomic E-state index is 11.2. The molecule has 0 amide bonds. The molecule has 1 rings (SSSR count). The molecule has 0 spiro atoms. The lowest BCUT2D eigenvalue weighted by Crippen LogP contribution is -2.14. The summed E-state index contributed by atoms with van der Waals surface area (Å²) in [5.74, 6) is -0.625. The number of ketones is 1. The minimum absolute atomic E-state index is 0.0594. The van der Waals surface area contributed by atoms with Gasteiger partial charge >= 0.3 is 5.97 Å². The van der Waals surface area contributed by atoms with Gasteiger partial charge in [0.15, 0.2) is 5.78 Å². The van der Waals surface area contributed by atoms with Crippen LogP contribution in [0.2, 0.25) is 0 Å². The summed E-state index contributed by atoms with van der Waals surface area (Å²) in [6, 6.07) is 0. The van der Waals surface area contributed by atoms with E-state index in [2.05, 4.69) is 11.3 Å². The monoisotopic (exact) mass is 154 g/mol. The van der Waals surface area contributed by atoms with Crippen LogP contribution in [0.5, 0.6) is 0 Å². The molecule has 1 atom stereocenters. The molecule has 0 bridgehead atoms. The first-order valence-corrected chi connectivity index (χ1v) is 3.46. The van der Waals surface area contributed by atoms with E-state index in [-0.39, 0.29) is 30.7 Å². The van der Waals surface area contributed by atoms with Crippen molar-refractivity contribution in [2.75, 3.05) is 6.61 Å². The first-order chi connectivity index (χ1) is 5.11. The molecule has 1 heterocycles. The van der Waals surface area contributed by atoms with Gasteiger partial charge in [0.1, 0.15) is 6.61 Å². The van der Waals surface area contributed by atoms with Gasteiger partial charge in [0.05, 0.1) is 12.3 Å². The second kappa shape index (κ2) is 2.86. The fourth-order valence-corrected chi connectivity index (χ4v) is 1.03. The van der Waals surface area contributed by atoms with Gasteiger partial charge in [-0.3, -0.25) is 9.59 Å². The Labute approximate surface area is 65.0 Å². The van der Waals surface area contributed by atoms with Crippen LogP contribution in [0.15, 0.2) is 12.2 Å². The normalized spacial score (nSPS) is 23.0. The lowest BCUT2D eigenvalue weighted by Gasteiger charge is -2.02. The van der Waals surface area contributed by atoms with Crippen LogP contribution < -0.4 is 0 Å². The summed E-state index contributed by atoms with van der Waals surface area (Å²) in [4.78, 5) is 21.7. The van der Waals surface area contributed by atoms with Crippen LogP contribution >= 0.6 is 0 Å². The van der Waals surface area contributed by atoms with Crippen molar-refractivity contribution in [3.05, 3.63) is 12.2 Å². The Morgan fingerprint density at radius 2 is 2.36 bits per heavy atom. The predicted octanol–water partition coefficient (Wildman–Crippen LogP) is 0.695. The molecule has 1 fully saturated rings. The summed E-state index contributed by atoms with van der Waals surface area (Å²) in [7, 11) is 0. The maximum absolute atomic E-state index is 11.2. The van der Waals surface area contributed by atoms with Gasteiger partial charge in [-0.2, -0.15) is 0 Å². The van der Waals surface area contributed by atoms with Crippen LogP contribution in [0.3, 0.4) is 0 Å². The zero-order chi connectivity index (χ0) is 8.43. The van der Waals surface area contributed by atoms with Crippen LogP contribution in [-0.4, -0.2) is 18.4 Å². The summed E-state index contributed by atoms with van der Waals surface area (Å²) in [6.45, 7) is 5.38. The average Bonchev–Trinajstić information content (AvgIpc) is 2.34. The van der Waals surface area contributed by atoms with Crippen molar-refractivity contribution >= 4 is 11.8 Å². The van der Waals surface area contributed by atoms with Gasteiger partial charge in [-0.25, -0.2) is 0 Å². The second-order valence-corrected chi connectivity index (χ2v) is 2.73. The first-order valence-electron chi connectivity index (χ1n) is 3.46. The molecular formula is C8H10O3. The van der Waals surface area contributed by atoms with Crippen molar-refractivity contribution < 1.29 is 14.3 Å². The topological polar surface area (TPSA) is 43.4 Å². The van der Waals surface area contributed by atoms with E-state index in [9.17, 15) is 9.59 Å². The highest BCUT2D eigenvalue weighted by atomic mass is 16.5. The van der Waals surface area contributed by atoms with E-state index in [0.29, 0.717) is 5.57 Å². The summed E-state index contributed by atoms with van der Waals surface area (Å²) in [5, 5.41) is 0. The minimum Gasteiger partial charge on any atom is -0.465 e.